The molecule has 2 aromatic carbocycles. The van der Waals surface area contributed by atoms with Gasteiger partial charge >= 0.3 is 0 Å². The second-order valence-electron chi connectivity index (χ2n) is 5.63. The first kappa shape index (κ1) is 16.8. The smallest absolute Gasteiger partial charge is 0.244 e. The Labute approximate surface area is 146 Å². The highest BCUT2D eigenvalue weighted by molar-refractivity contribution is 5.37. The molecule has 1 aromatic heterocycles. The van der Waals surface area contributed by atoms with E-state index in [-0.39, 0.29) is 5.82 Å². The van der Waals surface area contributed by atoms with Crippen molar-refractivity contribution in [2.45, 2.75) is 19.4 Å². The first-order valence-electron chi connectivity index (χ1n) is 8.26. The Balaban J connectivity index is 1.47. The Hall–Kier alpha value is -3.02. The second-order valence-corrected chi connectivity index (χ2v) is 5.63. The molecule has 0 spiro atoms. The van der Waals surface area contributed by atoms with Crippen LogP contribution in [0.3, 0.4) is 0 Å². The minimum atomic E-state index is -0.252. The van der Waals surface area contributed by atoms with Crippen molar-refractivity contribution in [2.24, 2.45) is 0 Å². The van der Waals surface area contributed by atoms with Crippen LogP contribution in [0.25, 0.3) is 0 Å². The molecular weight excluding hydrogens is 317 g/mol. The van der Waals surface area contributed by atoms with Crippen molar-refractivity contribution in [2.75, 3.05) is 17.2 Å². The van der Waals surface area contributed by atoms with E-state index < -0.39 is 0 Å². The van der Waals surface area contributed by atoms with E-state index in [4.69, 9.17) is 0 Å². The first-order valence-corrected chi connectivity index (χ1v) is 8.26. The van der Waals surface area contributed by atoms with Crippen LogP contribution in [-0.2, 0) is 13.0 Å². The maximum absolute atomic E-state index is 13.6. The third-order valence-corrected chi connectivity index (χ3v) is 3.74. The number of aryl methyl sites for hydroxylation is 1. The third kappa shape index (κ3) is 5.24. The Kier molecular flexibility index (Phi) is 5.87. The van der Waals surface area contributed by atoms with Gasteiger partial charge in [0.1, 0.15) is 11.6 Å². The van der Waals surface area contributed by atoms with E-state index >= 15 is 0 Å². The summed E-state index contributed by atoms with van der Waals surface area (Å²) in [5.74, 6) is 0.772. The van der Waals surface area contributed by atoms with Gasteiger partial charge in [-0.3, -0.25) is 0 Å². The topological polar surface area (TPSA) is 62.7 Å². The minimum absolute atomic E-state index is 0.252. The first-order chi connectivity index (χ1) is 12.3. The van der Waals surface area contributed by atoms with Gasteiger partial charge in [-0.1, -0.05) is 48.5 Å². The van der Waals surface area contributed by atoms with Crippen LogP contribution in [0.2, 0.25) is 0 Å². The van der Waals surface area contributed by atoms with Crippen molar-refractivity contribution in [3.05, 3.63) is 77.7 Å². The highest BCUT2D eigenvalue weighted by Gasteiger charge is 2.03. The molecule has 0 unspecified atom stereocenters. The molecule has 1 heterocycles. The zero-order chi connectivity index (χ0) is 17.3. The van der Waals surface area contributed by atoms with Gasteiger partial charge in [0.05, 0.1) is 6.20 Å². The van der Waals surface area contributed by atoms with Crippen LogP contribution < -0.4 is 10.6 Å². The fourth-order valence-corrected chi connectivity index (χ4v) is 2.43. The lowest BCUT2D eigenvalue weighted by Gasteiger charge is -2.08. The Morgan fingerprint density at radius 2 is 1.72 bits per heavy atom. The molecule has 2 N–H and O–H groups in total. The van der Waals surface area contributed by atoms with Gasteiger partial charge in [-0.2, -0.15) is 10.1 Å². The zero-order valence-corrected chi connectivity index (χ0v) is 13.8. The molecule has 0 bridgehead atoms. The lowest BCUT2D eigenvalue weighted by molar-refractivity contribution is 0.612. The molecular formula is C19H20FN5. The number of nitrogens with zero attached hydrogens (tertiary/aromatic N) is 3. The van der Waals surface area contributed by atoms with E-state index in [1.54, 1.807) is 24.4 Å². The number of anilines is 2. The summed E-state index contributed by atoms with van der Waals surface area (Å²) in [4.78, 5) is 4.34. The van der Waals surface area contributed by atoms with Crippen molar-refractivity contribution >= 4 is 11.8 Å². The summed E-state index contributed by atoms with van der Waals surface area (Å²) >= 11 is 0. The fraction of sp³-hybridized carbons (Fsp3) is 0.211. The molecule has 0 aliphatic rings. The molecule has 0 aliphatic heterocycles. The molecule has 0 radical (unpaired) electrons. The monoisotopic (exact) mass is 337 g/mol. The summed E-state index contributed by atoms with van der Waals surface area (Å²) < 4.78 is 13.6. The molecule has 6 heteroatoms. The predicted octanol–water partition coefficient (Wildman–Crippen LogP) is 3.67. The molecule has 0 saturated heterocycles. The molecule has 5 nitrogen and oxygen atoms in total. The lowest BCUT2D eigenvalue weighted by atomic mass is 10.1. The number of halogens is 1. The normalized spacial score (nSPS) is 10.4. The number of hydrogen-bond donors (Lipinski definition) is 2. The van der Waals surface area contributed by atoms with Crippen LogP contribution in [-0.4, -0.2) is 21.7 Å². The van der Waals surface area contributed by atoms with Crippen molar-refractivity contribution in [1.82, 2.24) is 15.2 Å². The largest absolute Gasteiger partial charge is 0.369 e. The van der Waals surface area contributed by atoms with Gasteiger partial charge < -0.3 is 10.6 Å². The number of rotatable bonds is 8. The molecule has 3 aromatic rings. The van der Waals surface area contributed by atoms with Gasteiger partial charge in [-0.15, -0.1) is 5.10 Å². The summed E-state index contributed by atoms with van der Waals surface area (Å²) in [7, 11) is 0. The average molecular weight is 337 g/mol. The maximum Gasteiger partial charge on any atom is 0.244 e. The molecule has 0 aliphatic carbocycles. The number of benzene rings is 2. The van der Waals surface area contributed by atoms with Gasteiger partial charge in [-0.25, -0.2) is 4.39 Å². The number of aromatic nitrogens is 3. The zero-order valence-electron chi connectivity index (χ0n) is 13.8. The predicted molar refractivity (Wildman–Crippen MR) is 96.8 cm³/mol. The van der Waals surface area contributed by atoms with E-state index in [9.17, 15) is 4.39 Å². The van der Waals surface area contributed by atoms with E-state index in [1.165, 1.54) is 11.6 Å². The lowest BCUT2D eigenvalue weighted by Crippen LogP contribution is -2.10. The molecule has 128 valence electrons. The molecule has 3 rings (SSSR count). The van der Waals surface area contributed by atoms with Crippen molar-refractivity contribution in [1.29, 1.82) is 0 Å². The second kappa shape index (κ2) is 8.73. The van der Waals surface area contributed by atoms with E-state index in [0.29, 0.717) is 23.9 Å². The Morgan fingerprint density at radius 3 is 2.56 bits per heavy atom. The Bertz CT molecular complexity index is 795. The van der Waals surface area contributed by atoms with Gasteiger partial charge in [-0.05, 0) is 24.5 Å². The van der Waals surface area contributed by atoms with Crippen molar-refractivity contribution in [3.63, 3.8) is 0 Å². The molecule has 25 heavy (non-hydrogen) atoms. The van der Waals surface area contributed by atoms with Gasteiger partial charge in [0.15, 0.2) is 0 Å². The summed E-state index contributed by atoms with van der Waals surface area (Å²) in [6.45, 7) is 1.10. The fourth-order valence-electron chi connectivity index (χ4n) is 2.43. The maximum atomic E-state index is 13.6. The Morgan fingerprint density at radius 1 is 0.920 bits per heavy atom. The third-order valence-electron chi connectivity index (χ3n) is 3.74. The van der Waals surface area contributed by atoms with Crippen LogP contribution in [0.15, 0.2) is 60.8 Å². The van der Waals surface area contributed by atoms with Crippen molar-refractivity contribution < 1.29 is 4.39 Å². The number of nitrogens with one attached hydrogen (secondary N) is 2. The SMILES string of the molecule is Fc1ccccc1CNc1nncc(NCCCc2ccccc2)n1. The molecule has 0 amide bonds. The molecule has 0 atom stereocenters. The summed E-state index contributed by atoms with van der Waals surface area (Å²) in [5.41, 5.74) is 1.88. The summed E-state index contributed by atoms with van der Waals surface area (Å²) in [6, 6.07) is 17.0. The van der Waals surface area contributed by atoms with Gasteiger partial charge in [0.2, 0.25) is 5.95 Å². The highest BCUT2D eigenvalue weighted by Crippen LogP contribution is 2.10. The standard InChI is InChI=1S/C19H20FN5/c20-17-11-5-4-10-16(17)13-22-19-24-18(14-23-25-19)21-12-6-9-15-7-2-1-3-8-15/h1-5,7-8,10-11,14H,6,9,12-13H2,(H2,21,22,24,25). The van der Waals surface area contributed by atoms with Crippen LogP contribution in [0.1, 0.15) is 17.5 Å². The molecule has 0 saturated carbocycles. The molecule has 0 fully saturated rings. The average Bonchev–Trinajstić information content (AvgIpc) is 2.66. The summed E-state index contributed by atoms with van der Waals surface area (Å²) in [6.07, 6.45) is 3.58. The van der Waals surface area contributed by atoms with E-state index in [1.807, 2.05) is 18.2 Å². The highest BCUT2D eigenvalue weighted by atomic mass is 19.1. The number of hydrogen-bond acceptors (Lipinski definition) is 5. The van der Waals surface area contributed by atoms with Gasteiger partial charge in [0.25, 0.3) is 0 Å². The quantitative estimate of drug-likeness (QED) is 0.614. The van der Waals surface area contributed by atoms with Crippen molar-refractivity contribution in [3.8, 4) is 0 Å². The van der Waals surface area contributed by atoms with Crippen LogP contribution in [0, 0.1) is 5.82 Å². The minimum Gasteiger partial charge on any atom is -0.369 e. The van der Waals surface area contributed by atoms with Gasteiger partial charge in [0, 0.05) is 18.7 Å². The van der Waals surface area contributed by atoms with E-state index in [0.717, 1.165) is 19.4 Å². The van der Waals surface area contributed by atoms with Crippen LogP contribution in [0.5, 0.6) is 0 Å². The van der Waals surface area contributed by atoms with Crippen LogP contribution in [0.4, 0.5) is 16.2 Å². The van der Waals surface area contributed by atoms with Crippen LogP contribution >= 0.6 is 0 Å². The van der Waals surface area contributed by atoms with E-state index in [2.05, 4.69) is 37.9 Å². The summed E-state index contributed by atoms with van der Waals surface area (Å²) in [5, 5.41) is 14.1.